The van der Waals surface area contributed by atoms with Crippen LogP contribution < -0.4 is 4.74 Å². The smallest absolute Gasteiger partial charge is 0.223 e. The van der Waals surface area contributed by atoms with Crippen molar-refractivity contribution < 1.29 is 14.3 Å². The number of aromatic nitrogens is 1. The molecule has 0 radical (unpaired) electrons. The van der Waals surface area contributed by atoms with Gasteiger partial charge in [-0.3, -0.25) is 14.6 Å². The molecular formula is C18H24N2O3. The highest BCUT2D eigenvalue weighted by Crippen LogP contribution is 2.26. The van der Waals surface area contributed by atoms with Crippen molar-refractivity contribution in [2.45, 2.75) is 63.5 Å². The molecule has 23 heavy (non-hydrogen) atoms. The zero-order chi connectivity index (χ0) is 16.1. The van der Waals surface area contributed by atoms with Gasteiger partial charge in [0.2, 0.25) is 5.91 Å². The van der Waals surface area contributed by atoms with Gasteiger partial charge in [0.25, 0.3) is 0 Å². The Morgan fingerprint density at radius 1 is 1.00 bits per heavy atom. The summed E-state index contributed by atoms with van der Waals surface area (Å²) in [7, 11) is 0. The first-order chi connectivity index (χ1) is 11.2. The quantitative estimate of drug-likeness (QED) is 0.842. The molecule has 1 aromatic rings. The fourth-order valence-electron chi connectivity index (χ4n) is 3.49. The molecule has 3 rings (SSSR count). The van der Waals surface area contributed by atoms with Crippen LogP contribution in [-0.4, -0.2) is 40.3 Å². The summed E-state index contributed by atoms with van der Waals surface area (Å²) in [6.07, 6.45) is 10.1. The van der Waals surface area contributed by atoms with Crippen LogP contribution in [0.5, 0.6) is 5.75 Å². The van der Waals surface area contributed by atoms with Crippen LogP contribution in [0, 0.1) is 0 Å². The van der Waals surface area contributed by atoms with E-state index in [1.54, 1.807) is 29.4 Å². The van der Waals surface area contributed by atoms with Gasteiger partial charge in [-0.1, -0.05) is 19.3 Å². The van der Waals surface area contributed by atoms with Crippen molar-refractivity contribution in [2.75, 3.05) is 6.54 Å². The van der Waals surface area contributed by atoms with Crippen LogP contribution in [0.4, 0.5) is 0 Å². The van der Waals surface area contributed by atoms with Gasteiger partial charge < -0.3 is 9.64 Å². The van der Waals surface area contributed by atoms with E-state index >= 15 is 0 Å². The summed E-state index contributed by atoms with van der Waals surface area (Å²) in [4.78, 5) is 30.7. The number of fused-ring (bicyclic) bond motifs is 1. The average molecular weight is 316 g/mol. The first kappa shape index (κ1) is 16.0. The van der Waals surface area contributed by atoms with Crippen LogP contribution in [0.15, 0.2) is 24.5 Å². The third kappa shape index (κ3) is 4.09. The number of amides is 1. The molecule has 0 bridgehead atoms. The normalized spacial score (nSPS) is 26.5. The standard InChI is InChI=1S/C18H24N2O3/c21-17-6-4-2-1-3-5-7-18(22)20-13-15(12-16(17)20)23-14-8-10-19-11-9-14/h8-11,15-16H,1-7,12-13H2. The molecule has 0 saturated carbocycles. The van der Waals surface area contributed by atoms with E-state index in [4.69, 9.17) is 4.74 Å². The second-order valence-corrected chi connectivity index (χ2v) is 6.45. The van der Waals surface area contributed by atoms with Gasteiger partial charge in [-0.2, -0.15) is 0 Å². The molecule has 3 heterocycles. The van der Waals surface area contributed by atoms with Crippen molar-refractivity contribution >= 4 is 11.7 Å². The predicted molar refractivity (Wildman–Crippen MR) is 86.1 cm³/mol. The Hall–Kier alpha value is -1.91. The van der Waals surface area contributed by atoms with Gasteiger partial charge >= 0.3 is 0 Å². The van der Waals surface area contributed by atoms with E-state index in [9.17, 15) is 9.59 Å². The SMILES string of the molecule is O=C1CCCCCCCC(=O)N2CC(Oc3ccncc3)CC12. The maximum absolute atomic E-state index is 12.5. The molecule has 2 atom stereocenters. The summed E-state index contributed by atoms with van der Waals surface area (Å²) in [5.74, 6) is 1.04. The molecule has 2 fully saturated rings. The summed E-state index contributed by atoms with van der Waals surface area (Å²) in [6.45, 7) is 0.511. The van der Waals surface area contributed by atoms with Crippen LogP contribution in [0.25, 0.3) is 0 Å². The molecule has 0 aromatic carbocycles. The third-order valence-electron chi connectivity index (χ3n) is 4.72. The summed E-state index contributed by atoms with van der Waals surface area (Å²) in [5, 5.41) is 0. The van der Waals surface area contributed by atoms with Gasteiger partial charge in [-0.15, -0.1) is 0 Å². The Balaban J connectivity index is 1.70. The lowest BCUT2D eigenvalue weighted by Gasteiger charge is -2.23. The van der Waals surface area contributed by atoms with E-state index in [0.29, 0.717) is 25.8 Å². The minimum absolute atomic E-state index is 0.103. The highest BCUT2D eigenvalue weighted by Gasteiger charge is 2.39. The molecule has 0 aliphatic carbocycles. The van der Waals surface area contributed by atoms with Crippen molar-refractivity contribution in [3.05, 3.63) is 24.5 Å². The van der Waals surface area contributed by atoms with Crippen LogP contribution in [0.2, 0.25) is 0 Å². The molecule has 2 aliphatic rings. The molecule has 0 N–H and O–H groups in total. The van der Waals surface area contributed by atoms with Crippen LogP contribution >= 0.6 is 0 Å². The lowest BCUT2D eigenvalue weighted by molar-refractivity contribution is -0.137. The molecule has 0 spiro atoms. The van der Waals surface area contributed by atoms with Crippen LogP contribution in [-0.2, 0) is 9.59 Å². The first-order valence-electron chi connectivity index (χ1n) is 8.63. The van der Waals surface area contributed by atoms with E-state index in [-0.39, 0.29) is 23.8 Å². The molecule has 5 heteroatoms. The molecular weight excluding hydrogens is 292 g/mol. The van der Waals surface area contributed by atoms with Crippen molar-refractivity contribution in [3.8, 4) is 5.75 Å². The van der Waals surface area contributed by atoms with E-state index < -0.39 is 0 Å². The number of Topliss-reactive ketones (excluding diaryl/α,β-unsaturated/α-hetero) is 1. The van der Waals surface area contributed by atoms with Crippen molar-refractivity contribution in [1.82, 2.24) is 9.88 Å². The van der Waals surface area contributed by atoms with Gasteiger partial charge in [-0.25, -0.2) is 0 Å². The number of ketones is 1. The third-order valence-corrected chi connectivity index (χ3v) is 4.72. The Bertz CT molecular complexity index is 518. The molecule has 2 saturated heterocycles. The number of carbonyl (C=O) groups is 2. The summed E-state index contributed by atoms with van der Waals surface area (Å²) >= 11 is 0. The summed E-state index contributed by atoms with van der Waals surface area (Å²) in [6, 6.07) is 3.31. The van der Waals surface area contributed by atoms with E-state index in [1.165, 1.54) is 0 Å². The number of nitrogens with zero attached hydrogens (tertiary/aromatic N) is 2. The zero-order valence-electron chi connectivity index (χ0n) is 13.4. The molecule has 5 nitrogen and oxygen atoms in total. The largest absolute Gasteiger partial charge is 0.488 e. The second-order valence-electron chi connectivity index (χ2n) is 6.45. The fraction of sp³-hybridized carbons (Fsp3) is 0.611. The van der Waals surface area contributed by atoms with Gasteiger partial charge in [0.1, 0.15) is 11.9 Å². The van der Waals surface area contributed by atoms with Gasteiger partial charge in [0.15, 0.2) is 5.78 Å². The number of rotatable bonds is 2. The Morgan fingerprint density at radius 2 is 1.70 bits per heavy atom. The predicted octanol–water partition coefficient (Wildman–Crippen LogP) is 2.74. The molecule has 1 aromatic heterocycles. The number of ether oxygens (including phenoxy) is 1. The molecule has 124 valence electrons. The van der Waals surface area contributed by atoms with E-state index in [0.717, 1.165) is 37.9 Å². The van der Waals surface area contributed by atoms with Gasteiger partial charge in [-0.05, 0) is 25.0 Å². The van der Waals surface area contributed by atoms with Gasteiger partial charge in [0.05, 0.1) is 12.6 Å². The van der Waals surface area contributed by atoms with Crippen LogP contribution in [0.3, 0.4) is 0 Å². The van der Waals surface area contributed by atoms with Crippen molar-refractivity contribution in [3.63, 3.8) is 0 Å². The molecule has 1 amide bonds. The van der Waals surface area contributed by atoms with Crippen molar-refractivity contribution in [2.24, 2.45) is 0 Å². The van der Waals surface area contributed by atoms with Crippen molar-refractivity contribution in [1.29, 1.82) is 0 Å². The highest BCUT2D eigenvalue weighted by molar-refractivity contribution is 5.89. The number of hydrogen-bond acceptors (Lipinski definition) is 4. The monoisotopic (exact) mass is 316 g/mol. The number of hydrogen-bond donors (Lipinski definition) is 0. The van der Waals surface area contributed by atoms with E-state index in [1.807, 2.05) is 0 Å². The zero-order valence-corrected chi connectivity index (χ0v) is 13.4. The lowest BCUT2D eigenvalue weighted by Crippen LogP contribution is -2.40. The Morgan fingerprint density at radius 3 is 2.48 bits per heavy atom. The minimum atomic E-state index is -0.299. The Labute approximate surface area is 137 Å². The van der Waals surface area contributed by atoms with Gasteiger partial charge in [0, 0.05) is 31.7 Å². The second kappa shape index (κ2) is 7.57. The summed E-state index contributed by atoms with van der Waals surface area (Å²) in [5.41, 5.74) is 0. The maximum Gasteiger partial charge on any atom is 0.223 e. The highest BCUT2D eigenvalue weighted by atomic mass is 16.5. The topological polar surface area (TPSA) is 59.5 Å². The minimum Gasteiger partial charge on any atom is -0.488 e. The molecule has 2 aliphatic heterocycles. The Kier molecular flexibility index (Phi) is 5.26. The summed E-state index contributed by atoms with van der Waals surface area (Å²) < 4.78 is 5.95. The fourth-order valence-corrected chi connectivity index (χ4v) is 3.49. The number of pyridine rings is 1. The maximum atomic E-state index is 12.5. The molecule has 2 unspecified atom stereocenters. The first-order valence-corrected chi connectivity index (χ1v) is 8.63. The van der Waals surface area contributed by atoms with E-state index in [2.05, 4.69) is 4.98 Å². The van der Waals surface area contributed by atoms with Crippen LogP contribution in [0.1, 0.15) is 51.4 Å². The lowest BCUT2D eigenvalue weighted by atomic mass is 10.0. The number of carbonyl (C=O) groups excluding carboxylic acids is 2. The average Bonchev–Trinajstić information content (AvgIpc) is 2.97.